The van der Waals surface area contributed by atoms with Gasteiger partial charge >= 0.3 is 0 Å². The summed E-state index contributed by atoms with van der Waals surface area (Å²) < 4.78 is 0. The molecule has 92 valence electrons. The highest BCUT2D eigenvalue weighted by Crippen LogP contribution is 2.23. The van der Waals surface area contributed by atoms with E-state index in [0.717, 1.165) is 12.1 Å². The maximum absolute atomic E-state index is 6.00. The van der Waals surface area contributed by atoms with Crippen molar-refractivity contribution in [1.29, 1.82) is 0 Å². The van der Waals surface area contributed by atoms with Gasteiger partial charge in [-0.25, -0.2) is 0 Å². The third-order valence-electron chi connectivity index (χ3n) is 4.01. The van der Waals surface area contributed by atoms with Gasteiger partial charge in [0, 0.05) is 12.1 Å². The molecule has 2 aliphatic carbocycles. The first kappa shape index (κ1) is 10.4. The predicted molar refractivity (Wildman–Crippen MR) is 80.3 cm³/mol. The lowest BCUT2D eigenvalue weighted by Crippen LogP contribution is -2.23. The average Bonchev–Trinajstić information content (AvgIpc) is 2.88. The Hall–Kier alpha value is -2.48. The maximum Gasteiger partial charge on any atom is 0.0514 e. The van der Waals surface area contributed by atoms with Gasteiger partial charge in [0.2, 0.25) is 0 Å². The molecule has 0 fully saturated rings. The van der Waals surface area contributed by atoms with Crippen molar-refractivity contribution in [3.05, 3.63) is 63.3 Å². The van der Waals surface area contributed by atoms with Crippen molar-refractivity contribution in [2.45, 2.75) is 6.42 Å². The zero-order valence-corrected chi connectivity index (χ0v) is 10.5. The van der Waals surface area contributed by atoms with Gasteiger partial charge in [-0.15, -0.1) is 0 Å². The highest BCUT2D eigenvalue weighted by molar-refractivity contribution is 5.96. The summed E-state index contributed by atoms with van der Waals surface area (Å²) in [6.45, 7) is 0. The van der Waals surface area contributed by atoms with Crippen LogP contribution in [0.4, 0.5) is 0 Å². The first-order valence-electron chi connectivity index (χ1n) is 6.43. The Morgan fingerprint density at radius 1 is 0.895 bits per heavy atom. The second-order valence-electron chi connectivity index (χ2n) is 5.12. The van der Waals surface area contributed by atoms with Crippen LogP contribution in [-0.2, 0) is 6.42 Å². The number of rotatable bonds is 0. The molecular formula is C17H14N2. The first-order chi connectivity index (χ1) is 9.24. The molecule has 0 amide bonds. The number of nitrogens with two attached hydrogens (primary N) is 2. The van der Waals surface area contributed by atoms with Gasteiger partial charge in [0.15, 0.2) is 0 Å². The fraction of sp³-hybridized carbons (Fsp3) is 0.0588. The third kappa shape index (κ3) is 1.37. The third-order valence-corrected chi connectivity index (χ3v) is 4.01. The van der Waals surface area contributed by atoms with Crippen LogP contribution in [-0.4, -0.2) is 0 Å². The van der Waals surface area contributed by atoms with Crippen molar-refractivity contribution in [2.24, 2.45) is 11.5 Å². The Labute approximate surface area is 111 Å². The summed E-state index contributed by atoms with van der Waals surface area (Å²) >= 11 is 0. The maximum atomic E-state index is 6.00. The molecule has 2 aromatic carbocycles. The van der Waals surface area contributed by atoms with Gasteiger partial charge in [-0.2, -0.15) is 0 Å². The number of allylic oxidation sites excluding steroid dienone is 3. The second-order valence-corrected chi connectivity index (χ2v) is 5.12. The molecule has 0 heterocycles. The molecule has 4 rings (SSSR count). The van der Waals surface area contributed by atoms with Gasteiger partial charge in [-0.1, -0.05) is 42.5 Å². The van der Waals surface area contributed by atoms with Gasteiger partial charge in [-0.05, 0) is 38.4 Å². The average molecular weight is 246 g/mol. The molecule has 4 N–H and O–H groups in total. The summed E-state index contributed by atoms with van der Waals surface area (Å²) in [5.74, 6) is 0. The molecule has 0 spiro atoms. The van der Waals surface area contributed by atoms with Crippen molar-refractivity contribution in [2.75, 3.05) is 0 Å². The molecule has 0 aliphatic heterocycles. The summed E-state index contributed by atoms with van der Waals surface area (Å²) in [5, 5.41) is 5.05. The first-order valence-corrected chi connectivity index (χ1v) is 6.43. The van der Waals surface area contributed by atoms with Gasteiger partial charge in [-0.3, -0.25) is 0 Å². The molecule has 0 radical (unpaired) electrons. The van der Waals surface area contributed by atoms with Crippen molar-refractivity contribution >= 4 is 29.0 Å². The molecule has 0 atom stereocenters. The second kappa shape index (κ2) is 3.51. The fourth-order valence-corrected chi connectivity index (χ4v) is 2.99. The monoisotopic (exact) mass is 246 g/mol. The van der Waals surface area contributed by atoms with Crippen molar-refractivity contribution in [3.63, 3.8) is 0 Å². The summed E-state index contributed by atoms with van der Waals surface area (Å²) in [6.07, 6.45) is 9.13. The fourth-order valence-electron chi connectivity index (χ4n) is 2.99. The van der Waals surface area contributed by atoms with Crippen molar-refractivity contribution in [3.8, 4) is 0 Å². The van der Waals surface area contributed by atoms with E-state index in [2.05, 4.69) is 42.5 Å². The Morgan fingerprint density at radius 3 is 2.58 bits per heavy atom. The molecule has 0 aromatic heterocycles. The number of fused-ring (bicyclic) bond motifs is 5. The standard InChI is InChI=1S/C17H14N2/c18-16-8-11-5-7-13-12-3-1-2-10(12)4-6-14(13)15(11)9-17(16)19/h1-8H,9,18-19H2. The number of hydrogen-bond donors (Lipinski definition) is 2. The normalized spacial score (nSPS) is 16.0. The molecular weight excluding hydrogens is 232 g/mol. The largest absolute Gasteiger partial charge is 0.400 e. The van der Waals surface area contributed by atoms with Crippen LogP contribution in [0.5, 0.6) is 0 Å². The zero-order valence-electron chi connectivity index (χ0n) is 10.5. The smallest absolute Gasteiger partial charge is 0.0514 e. The topological polar surface area (TPSA) is 52.0 Å². The van der Waals surface area contributed by atoms with Crippen LogP contribution in [0.15, 0.2) is 41.7 Å². The molecule has 2 heteroatoms. The van der Waals surface area contributed by atoms with Crippen LogP contribution >= 0.6 is 0 Å². The van der Waals surface area contributed by atoms with Gasteiger partial charge in [0.25, 0.3) is 0 Å². The van der Waals surface area contributed by atoms with E-state index in [1.165, 1.54) is 32.3 Å². The summed E-state index contributed by atoms with van der Waals surface area (Å²) in [5.41, 5.74) is 16.0. The van der Waals surface area contributed by atoms with Gasteiger partial charge in [0.1, 0.15) is 0 Å². The number of benzene rings is 2. The van der Waals surface area contributed by atoms with E-state index in [0.29, 0.717) is 5.70 Å². The van der Waals surface area contributed by atoms with E-state index in [-0.39, 0.29) is 0 Å². The van der Waals surface area contributed by atoms with Crippen LogP contribution in [0.3, 0.4) is 0 Å². The molecule has 2 aromatic rings. The highest BCUT2D eigenvalue weighted by atomic mass is 14.7. The lowest BCUT2D eigenvalue weighted by molar-refractivity contribution is 1.06. The Bertz CT molecular complexity index is 899. The van der Waals surface area contributed by atoms with Gasteiger partial charge < -0.3 is 11.5 Å². The van der Waals surface area contributed by atoms with E-state index in [9.17, 15) is 0 Å². The van der Waals surface area contributed by atoms with Crippen molar-refractivity contribution < 1.29 is 0 Å². The molecule has 0 bridgehead atoms. The highest BCUT2D eigenvalue weighted by Gasteiger charge is 2.13. The van der Waals surface area contributed by atoms with E-state index in [1.807, 2.05) is 6.08 Å². The molecule has 0 unspecified atom stereocenters. The van der Waals surface area contributed by atoms with Crippen molar-refractivity contribution in [1.82, 2.24) is 0 Å². The Balaban J connectivity index is 2.14. The molecule has 2 aliphatic rings. The molecule has 0 saturated heterocycles. The summed E-state index contributed by atoms with van der Waals surface area (Å²) in [4.78, 5) is 0. The quantitative estimate of drug-likeness (QED) is 0.731. The molecule has 0 saturated carbocycles. The minimum atomic E-state index is 0.696. The zero-order chi connectivity index (χ0) is 13.0. The predicted octanol–water partition coefficient (Wildman–Crippen LogP) is 1.11. The van der Waals surface area contributed by atoms with E-state index < -0.39 is 0 Å². The van der Waals surface area contributed by atoms with Crippen LogP contribution in [0, 0.1) is 0 Å². The molecule has 2 nitrogen and oxygen atoms in total. The van der Waals surface area contributed by atoms with Gasteiger partial charge in [0.05, 0.1) is 5.70 Å². The Kier molecular flexibility index (Phi) is 1.93. The van der Waals surface area contributed by atoms with E-state index in [1.54, 1.807) is 0 Å². The summed E-state index contributed by atoms with van der Waals surface area (Å²) in [7, 11) is 0. The lowest BCUT2D eigenvalue weighted by Gasteiger charge is -2.15. The van der Waals surface area contributed by atoms with E-state index >= 15 is 0 Å². The Morgan fingerprint density at radius 2 is 1.68 bits per heavy atom. The number of hydrogen-bond acceptors (Lipinski definition) is 2. The van der Waals surface area contributed by atoms with Crippen LogP contribution in [0.1, 0.15) is 11.1 Å². The van der Waals surface area contributed by atoms with Crippen LogP contribution < -0.4 is 21.9 Å². The SMILES string of the molecule is NC1=C(N)Cc2c(ccc3c4c(ccc23)=CC=C4)=C1. The minimum absolute atomic E-state index is 0.696. The minimum Gasteiger partial charge on any atom is -0.400 e. The lowest BCUT2D eigenvalue weighted by atomic mass is 9.92. The van der Waals surface area contributed by atoms with Crippen LogP contribution in [0.25, 0.3) is 29.0 Å². The summed E-state index contributed by atoms with van der Waals surface area (Å²) in [6, 6.07) is 8.69. The van der Waals surface area contributed by atoms with Crippen LogP contribution in [0.2, 0.25) is 0 Å². The van der Waals surface area contributed by atoms with E-state index in [4.69, 9.17) is 11.5 Å². The molecule has 19 heavy (non-hydrogen) atoms.